The molecule has 78 valence electrons. The summed E-state index contributed by atoms with van der Waals surface area (Å²) in [6, 6.07) is 8.74. The Hall–Kier alpha value is -0.860. The van der Waals surface area contributed by atoms with E-state index in [2.05, 4.69) is 24.3 Å². The van der Waals surface area contributed by atoms with Gasteiger partial charge in [-0.25, -0.2) is 0 Å². The largest absolute Gasteiger partial charge is 0.330 e. The molecule has 0 saturated heterocycles. The lowest BCUT2D eigenvalue weighted by Gasteiger charge is -2.21. The maximum atomic E-state index is 5.87. The molecular weight excluding hydrogens is 202 g/mol. The molecule has 1 aliphatic rings. The summed E-state index contributed by atoms with van der Waals surface area (Å²) in [4.78, 5) is 1.58. The van der Waals surface area contributed by atoms with Crippen LogP contribution >= 0.6 is 11.3 Å². The Morgan fingerprint density at radius 2 is 2.20 bits per heavy atom. The molecule has 0 saturated carbocycles. The van der Waals surface area contributed by atoms with Crippen LogP contribution in [0.2, 0.25) is 0 Å². The smallest absolute Gasteiger partial charge is 0.0348 e. The second kappa shape index (κ2) is 3.62. The highest BCUT2D eigenvalue weighted by atomic mass is 32.1. The van der Waals surface area contributed by atoms with E-state index in [0.717, 1.165) is 6.54 Å². The summed E-state index contributed by atoms with van der Waals surface area (Å²) < 4.78 is 1.43. The van der Waals surface area contributed by atoms with Gasteiger partial charge in [0.05, 0.1) is 0 Å². The summed E-state index contributed by atoms with van der Waals surface area (Å²) in [6.07, 6.45) is 3.83. The number of hydrogen-bond acceptors (Lipinski definition) is 2. The highest BCUT2D eigenvalue weighted by Gasteiger charge is 2.23. The number of benzene rings is 1. The van der Waals surface area contributed by atoms with Crippen LogP contribution in [0.4, 0.5) is 0 Å². The summed E-state index contributed by atoms with van der Waals surface area (Å²) in [5.41, 5.74) is 7.43. The second-order valence-corrected chi connectivity index (χ2v) is 5.40. The fourth-order valence-electron chi connectivity index (χ4n) is 2.64. The number of rotatable bonds is 1. The van der Waals surface area contributed by atoms with Crippen LogP contribution in [0, 0.1) is 0 Å². The number of nitrogens with two attached hydrogens (primary N) is 1. The lowest BCUT2D eigenvalue weighted by Crippen LogP contribution is -2.16. The van der Waals surface area contributed by atoms with E-state index >= 15 is 0 Å². The van der Waals surface area contributed by atoms with Crippen LogP contribution in [-0.2, 0) is 6.42 Å². The minimum absolute atomic E-state index is 0.602. The van der Waals surface area contributed by atoms with E-state index in [4.69, 9.17) is 5.73 Å². The normalized spacial score (nSPS) is 20.5. The van der Waals surface area contributed by atoms with Crippen molar-refractivity contribution < 1.29 is 0 Å². The molecule has 1 aromatic carbocycles. The van der Waals surface area contributed by atoms with Crippen molar-refractivity contribution >= 4 is 21.4 Å². The zero-order valence-corrected chi connectivity index (χ0v) is 9.52. The molecule has 2 heteroatoms. The zero-order valence-electron chi connectivity index (χ0n) is 8.70. The topological polar surface area (TPSA) is 26.0 Å². The summed E-state index contributed by atoms with van der Waals surface area (Å²) in [6.45, 7) is 0.799. The van der Waals surface area contributed by atoms with Gasteiger partial charge in [0.2, 0.25) is 0 Å². The van der Waals surface area contributed by atoms with Gasteiger partial charge in [-0.15, -0.1) is 11.3 Å². The first-order chi connectivity index (χ1) is 7.40. The van der Waals surface area contributed by atoms with E-state index in [-0.39, 0.29) is 0 Å². The van der Waals surface area contributed by atoms with Crippen molar-refractivity contribution in [1.29, 1.82) is 0 Å². The van der Waals surface area contributed by atoms with E-state index < -0.39 is 0 Å². The molecule has 3 rings (SSSR count). The number of hydrogen-bond donors (Lipinski definition) is 1. The van der Waals surface area contributed by atoms with Gasteiger partial charge in [0, 0.05) is 9.58 Å². The second-order valence-electron chi connectivity index (χ2n) is 4.26. The van der Waals surface area contributed by atoms with Gasteiger partial charge in [-0.1, -0.05) is 18.2 Å². The van der Waals surface area contributed by atoms with Crippen LogP contribution in [0.25, 0.3) is 10.1 Å². The van der Waals surface area contributed by atoms with Gasteiger partial charge >= 0.3 is 0 Å². The monoisotopic (exact) mass is 217 g/mol. The van der Waals surface area contributed by atoms with Gasteiger partial charge in [-0.3, -0.25) is 0 Å². The molecule has 1 atom stereocenters. The molecule has 15 heavy (non-hydrogen) atoms. The van der Waals surface area contributed by atoms with Crippen LogP contribution in [-0.4, -0.2) is 6.54 Å². The molecule has 1 aliphatic carbocycles. The quantitative estimate of drug-likeness (QED) is 0.779. The standard InChI is InChI=1S/C13H15NS/c14-8-9-4-3-7-12-13(9)10-5-1-2-6-11(10)15-12/h1-2,5-6,9H,3-4,7-8,14H2/t9-/m0/s1. The lowest BCUT2D eigenvalue weighted by atomic mass is 9.86. The SMILES string of the molecule is NC[C@@H]1CCCc2sc3ccccc3c21. The first kappa shape index (κ1) is 9.37. The van der Waals surface area contributed by atoms with Crippen molar-refractivity contribution in [2.45, 2.75) is 25.2 Å². The van der Waals surface area contributed by atoms with Crippen LogP contribution in [0.3, 0.4) is 0 Å². The van der Waals surface area contributed by atoms with E-state index in [1.165, 1.54) is 29.3 Å². The molecule has 0 fully saturated rings. The fraction of sp³-hybridized carbons (Fsp3) is 0.385. The Bertz CT molecular complexity index is 486. The molecule has 0 amide bonds. The highest BCUT2D eigenvalue weighted by molar-refractivity contribution is 7.19. The predicted molar refractivity (Wildman–Crippen MR) is 66.6 cm³/mol. The maximum Gasteiger partial charge on any atom is 0.0348 e. The van der Waals surface area contributed by atoms with E-state index in [0.29, 0.717) is 5.92 Å². The first-order valence-corrected chi connectivity index (χ1v) is 6.42. The van der Waals surface area contributed by atoms with Crippen LogP contribution < -0.4 is 5.73 Å². The predicted octanol–water partition coefficient (Wildman–Crippen LogP) is 3.28. The van der Waals surface area contributed by atoms with Crippen molar-refractivity contribution in [3.63, 3.8) is 0 Å². The Morgan fingerprint density at radius 3 is 3.07 bits per heavy atom. The van der Waals surface area contributed by atoms with Crippen molar-refractivity contribution in [2.24, 2.45) is 5.73 Å². The number of fused-ring (bicyclic) bond motifs is 3. The van der Waals surface area contributed by atoms with Crippen LogP contribution in [0.1, 0.15) is 29.2 Å². The van der Waals surface area contributed by atoms with E-state index in [1.54, 1.807) is 10.4 Å². The minimum atomic E-state index is 0.602. The van der Waals surface area contributed by atoms with Crippen molar-refractivity contribution in [3.8, 4) is 0 Å². The third-order valence-corrected chi connectivity index (χ3v) is 4.61. The minimum Gasteiger partial charge on any atom is -0.330 e. The Balaban J connectivity index is 2.27. The third-order valence-electron chi connectivity index (χ3n) is 3.36. The lowest BCUT2D eigenvalue weighted by molar-refractivity contribution is 0.571. The molecule has 2 N–H and O–H groups in total. The molecule has 2 aromatic rings. The molecule has 0 spiro atoms. The van der Waals surface area contributed by atoms with Gasteiger partial charge in [-0.05, 0) is 48.7 Å². The molecular formula is C13H15NS. The summed E-state index contributed by atoms with van der Waals surface area (Å²) in [5.74, 6) is 0.602. The van der Waals surface area contributed by atoms with Crippen LogP contribution in [0.5, 0.6) is 0 Å². The molecule has 1 nitrogen and oxygen atoms in total. The summed E-state index contributed by atoms with van der Waals surface area (Å²) in [5, 5.41) is 1.45. The van der Waals surface area contributed by atoms with E-state index in [9.17, 15) is 0 Å². The number of thiophene rings is 1. The molecule has 0 unspecified atom stereocenters. The molecule has 0 radical (unpaired) electrons. The maximum absolute atomic E-state index is 5.87. The third kappa shape index (κ3) is 1.40. The Morgan fingerprint density at radius 1 is 1.33 bits per heavy atom. The number of aryl methyl sites for hydroxylation is 1. The van der Waals surface area contributed by atoms with Crippen molar-refractivity contribution in [1.82, 2.24) is 0 Å². The van der Waals surface area contributed by atoms with Gasteiger partial charge in [0.15, 0.2) is 0 Å². The fourth-order valence-corrected chi connectivity index (χ4v) is 3.97. The Labute approximate surface area is 93.9 Å². The van der Waals surface area contributed by atoms with E-state index in [1.807, 2.05) is 11.3 Å². The van der Waals surface area contributed by atoms with Crippen LogP contribution in [0.15, 0.2) is 24.3 Å². The zero-order chi connectivity index (χ0) is 10.3. The van der Waals surface area contributed by atoms with Gasteiger partial charge in [0.25, 0.3) is 0 Å². The first-order valence-electron chi connectivity index (χ1n) is 5.60. The molecule has 0 bridgehead atoms. The summed E-state index contributed by atoms with van der Waals surface area (Å²) >= 11 is 1.96. The van der Waals surface area contributed by atoms with Gasteiger partial charge in [-0.2, -0.15) is 0 Å². The average molecular weight is 217 g/mol. The van der Waals surface area contributed by atoms with Crippen molar-refractivity contribution in [3.05, 3.63) is 34.7 Å². The average Bonchev–Trinajstić information content (AvgIpc) is 2.67. The Kier molecular flexibility index (Phi) is 2.26. The molecule has 1 heterocycles. The van der Waals surface area contributed by atoms with Crippen molar-refractivity contribution in [2.75, 3.05) is 6.54 Å². The highest BCUT2D eigenvalue weighted by Crippen LogP contribution is 2.41. The molecule has 0 aliphatic heterocycles. The molecule has 1 aromatic heterocycles. The van der Waals surface area contributed by atoms with Gasteiger partial charge < -0.3 is 5.73 Å². The van der Waals surface area contributed by atoms with Gasteiger partial charge in [0.1, 0.15) is 0 Å². The summed E-state index contributed by atoms with van der Waals surface area (Å²) in [7, 11) is 0.